The zero-order chi connectivity index (χ0) is 44.6. The molecular formula is C45H69N7O10. The largest absolute Gasteiger partial charge is 0.454 e. The Kier molecular flexibility index (Phi) is 14.0. The molecule has 4 N–H and O–H groups in total. The van der Waals surface area contributed by atoms with Crippen molar-refractivity contribution in [2.24, 2.45) is 17.8 Å². The molecule has 5 fully saturated rings. The maximum atomic E-state index is 14.5. The van der Waals surface area contributed by atoms with E-state index in [2.05, 4.69) is 27.5 Å². The maximum absolute atomic E-state index is 14.5. The quantitative estimate of drug-likeness (QED) is 0.127. The van der Waals surface area contributed by atoms with Gasteiger partial charge >= 0.3 is 12.1 Å². The summed E-state index contributed by atoms with van der Waals surface area (Å²) >= 11 is 0. The topological polar surface area (TPSA) is 202 Å². The van der Waals surface area contributed by atoms with Gasteiger partial charge in [-0.15, -0.1) is 5.10 Å². The van der Waals surface area contributed by atoms with Crippen LogP contribution in [0, 0.1) is 17.8 Å². The number of nitrogens with zero attached hydrogens (tertiary/aromatic N) is 5. The van der Waals surface area contributed by atoms with Crippen LogP contribution in [0.5, 0.6) is 0 Å². The molecule has 3 unspecified atom stereocenters. The summed E-state index contributed by atoms with van der Waals surface area (Å²) < 4.78 is 39.4. The maximum Gasteiger partial charge on any atom is 0.410 e. The molecule has 0 radical (unpaired) electrons. The first-order chi connectivity index (χ1) is 29.5. The van der Waals surface area contributed by atoms with Gasteiger partial charge in [0.15, 0.2) is 23.3 Å². The molecule has 4 saturated heterocycles. The second kappa shape index (κ2) is 18.8. The number of Topliss-reactive ketones (excluding diaryl/α,β-unsaturated/α-hetero) is 1. The summed E-state index contributed by atoms with van der Waals surface area (Å²) in [6.45, 7) is 17.4. The number of ether oxygens (including phenoxy) is 6. The van der Waals surface area contributed by atoms with Crippen LogP contribution in [0.2, 0.25) is 0 Å². The third-order valence-corrected chi connectivity index (χ3v) is 14.3. The number of morpholine rings is 1. The van der Waals surface area contributed by atoms with Crippen molar-refractivity contribution in [1.29, 1.82) is 0 Å². The van der Waals surface area contributed by atoms with Crippen LogP contribution < -0.4 is 11.1 Å². The molecule has 17 nitrogen and oxygen atoms in total. The lowest BCUT2D eigenvalue weighted by Gasteiger charge is -2.48. The number of hydrogen-bond acceptors (Lipinski definition) is 15. The Labute approximate surface area is 365 Å². The van der Waals surface area contributed by atoms with Gasteiger partial charge in [0, 0.05) is 69.0 Å². The number of unbranched alkanes of at least 4 members (excludes halogenated alkanes) is 1. The molecule has 5 heterocycles. The molecule has 0 bridgehead atoms. The fourth-order valence-electron chi connectivity index (χ4n) is 10.7. The summed E-state index contributed by atoms with van der Waals surface area (Å²) in [4.78, 5) is 46.6. The van der Waals surface area contributed by atoms with E-state index in [1.165, 1.54) is 0 Å². The number of benzene rings is 1. The monoisotopic (exact) mass is 868 g/mol. The van der Waals surface area contributed by atoms with Gasteiger partial charge in [-0.3, -0.25) is 24.1 Å². The van der Waals surface area contributed by atoms with Crippen LogP contribution >= 0.6 is 0 Å². The lowest BCUT2D eigenvalue weighted by molar-refractivity contribution is -0.298. The molecule has 2 aromatic rings. The number of nitrogens with two attached hydrogens (primary N) is 1. The Morgan fingerprint density at radius 3 is 2.50 bits per heavy atom. The number of ketones is 1. The fourth-order valence-corrected chi connectivity index (χ4v) is 10.7. The van der Waals surface area contributed by atoms with Crippen molar-refractivity contribution in [3.05, 3.63) is 30.5 Å². The summed E-state index contributed by atoms with van der Waals surface area (Å²) in [7, 11) is 1.60. The molecular weight excluding hydrogens is 799 g/mol. The number of carbonyl (C=O) groups is 3. The summed E-state index contributed by atoms with van der Waals surface area (Å²) in [6, 6.07) is 6.57. The average Bonchev–Trinajstić information content (AvgIpc) is 3.48. The van der Waals surface area contributed by atoms with Gasteiger partial charge in [-0.25, -0.2) is 4.79 Å². The molecule has 1 aromatic carbocycles. The standard InChI is InChI=1S/C45H69N7O10/c1-9-44-26-45(44)38(52(42(56)62-45)16-11-10-15-51-25-34(48-49-51)32-13-12-14-33(46)22-32)31(6)47-24-27(2)23-43(7,57-8)39(29(4)36(53)30(5)40(55)61-44)60-41-37(54)35(21-28(3)59-41)50-17-19-58-20-18-50/h12-14,22,25,27-31,35,37-39,41,47,54H,9-11,15-21,23-24,26,46H2,1-8H3/t27-,28?,29+,30-,31-,35?,37?,38-,39-,41+,43-,44+,45+/m1/s1. The molecule has 1 aromatic heterocycles. The van der Waals surface area contributed by atoms with E-state index in [1.807, 2.05) is 58.2 Å². The number of rotatable bonds is 11. The number of nitrogen functional groups attached to an aromatic ring is 1. The lowest BCUT2D eigenvalue weighted by atomic mass is 9.78. The molecule has 62 heavy (non-hydrogen) atoms. The third kappa shape index (κ3) is 9.13. The number of methoxy groups -OCH3 is 1. The van der Waals surface area contributed by atoms with Gasteiger partial charge in [0.2, 0.25) is 0 Å². The summed E-state index contributed by atoms with van der Waals surface area (Å²) in [5.41, 5.74) is 4.99. The minimum Gasteiger partial charge on any atom is -0.454 e. The van der Waals surface area contributed by atoms with Gasteiger partial charge in [0.1, 0.15) is 17.7 Å². The summed E-state index contributed by atoms with van der Waals surface area (Å²) in [6.07, 6.45) is 1.47. The second-order valence-corrected chi connectivity index (χ2v) is 18.8. The molecule has 17 heteroatoms. The van der Waals surface area contributed by atoms with Crippen LogP contribution in [0.4, 0.5) is 10.5 Å². The highest BCUT2D eigenvalue weighted by Crippen LogP contribution is 2.62. The predicted molar refractivity (Wildman–Crippen MR) is 229 cm³/mol. The molecule has 1 amide bonds. The summed E-state index contributed by atoms with van der Waals surface area (Å²) in [5.74, 6) is -3.10. The van der Waals surface area contributed by atoms with E-state index in [-0.39, 0.29) is 29.9 Å². The number of aromatic nitrogens is 3. The average molecular weight is 868 g/mol. The SMILES string of the molecule is CC[C@]12C[C@@]13OC(=O)N(CCCCn1cc(-c4cccc(N)c4)nn1)[C@@H]3[C@@H](C)NC[C@H](C)C[C@@](C)(OC)[C@H](O[C@@H]1OC(C)CC(N3CCOCC3)C1O)[C@@H](C)C(=O)[C@@H](C)C(=O)O2. The van der Waals surface area contributed by atoms with Crippen LogP contribution in [0.25, 0.3) is 11.3 Å². The Morgan fingerprint density at radius 2 is 1.79 bits per heavy atom. The molecule has 1 spiro atoms. The van der Waals surface area contributed by atoms with Crippen molar-refractivity contribution in [1.82, 2.24) is 30.1 Å². The minimum atomic E-state index is -1.17. The van der Waals surface area contributed by atoms with Crippen molar-refractivity contribution < 1.29 is 47.9 Å². The molecule has 1 saturated carbocycles. The first-order valence-electron chi connectivity index (χ1n) is 22.7. The number of amides is 1. The molecule has 7 rings (SSSR count). The van der Waals surface area contributed by atoms with Crippen LogP contribution in [0.3, 0.4) is 0 Å². The molecule has 4 aliphatic heterocycles. The van der Waals surface area contributed by atoms with Crippen LogP contribution in [0.15, 0.2) is 30.5 Å². The predicted octanol–water partition coefficient (Wildman–Crippen LogP) is 3.81. The van der Waals surface area contributed by atoms with Gasteiger partial charge in [-0.2, -0.15) is 0 Å². The number of nitrogens with one attached hydrogen (secondary N) is 1. The van der Waals surface area contributed by atoms with Crippen molar-refractivity contribution in [2.75, 3.05) is 52.2 Å². The van der Waals surface area contributed by atoms with E-state index in [0.29, 0.717) is 83.7 Å². The lowest BCUT2D eigenvalue weighted by Crippen LogP contribution is -2.61. The smallest absolute Gasteiger partial charge is 0.410 e. The van der Waals surface area contributed by atoms with Gasteiger partial charge in [-0.1, -0.05) is 38.1 Å². The number of esters is 1. The molecule has 344 valence electrons. The fraction of sp³-hybridized carbons (Fsp3) is 0.756. The van der Waals surface area contributed by atoms with Gasteiger partial charge < -0.3 is 44.6 Å². The normalized spacial score (nSPS) is 38.7. The first-order valence-corrected chi connectivity index (χ1v) is 22.7. The van der Waals surface area contributed by atoms with E-state index in [4.69, 9.17) is 34.2 Å². The Balaban J connectivity index is 1.10. The number of hydrogen-bond donors (Lipinski definition) is 3. The molecule has 13 atom stereocenters. The number of aliphatic hydroxyl groups excluding tert-OH is 1. The van der Waals surface area contributed by atoms with Gasteiger partial charge in [-0.05, 0) is 84.4 Å². The minimum absolute atomic E-state index is 0.00842. The highest BCUT2D eigenvalue weighted by molar-refractivity contribution is 6.00. The number of aryl methyl sites for hydroxylation is 1. The van der Waals surface area contributed by atoms with Crippen molar-refractivity contribution in [3.63, 3.8) is 0 Å². The highest BCUT2D eigenvalue weighted by atomic mass is 16.7. The second-order valence-electron chi connectivity index (χ2n) is 18.8. The van der Waals surface area contributed by atoms with Crippen molar-refractivity contribution >= 4 is 23.5 Å². The first kappa shape index (κ1) is 46.3. The number of anilines is 1. The van der Waals surface area contributed by atoms with E-state index < -0.39 is 65.2 Å². The van der Waals surface area contributed by atoms with Gasteiger partial charge in [0.25, 0.3) is 0 Å². The van der Waals surface area contributed by atoms with E-state index in [0.717, 1.165) is 17.7 Å². The van der Waals surface area contributed by atoms with Crippen molar-refractivity contribution in [2.45, 2.75) is 153 Å². The Bertz CT molecular complexity index is 1900. The summed E-state index contributed by atoms with van der Waals surface area (Å²) in [5, 5.41) is 24.1. The third-order valence-electron chi connectivity index (χ3n) is 14.3. The van der Waals surface area contributed by atoms with Crippen LogP contribution in [-0.2, 0) is 44.6 Å². The Hall–Kier alpha value is -3.71. The van der Waals surface area contributed by atoms with E-state index in [9.17, 15) is 19.5 Å². The Morgan fingerprint density at radius 1 is 1.05 bits per heavy atom. The zero-order valence-corrected chi connectivity index (χ0v) is 37.8. The molecule has 1 aliphatic carbocycles. The molecule has 5 aliphatic rings. The zero-order valence-electron chi connectivity index (χ0n) is 37.8. The van der Waals surface area contributed by atoms with Crippen molar-refractivity contribution in [3.8, 4) is 11.3 Å². The number of carbonyl (C=O) groups excluding carboxylic acids is 3. The van der Waals surface area contributed by atoms with E-state index in [1.54, 1.807) is 30.5 Å². The van der Waals surface area contributed by atoms with Crippen LogP contribution in [-0.4, -0.2) is 154 Å². The van der Waals surface area contributed by atoms with E-state index >= 15 is 0 Å². The van der Waals surface area contributed by atoms with Crippen LogP contribution in [0.1, 0.15) is 87.0 Å². The number of aliphatic hydroxyl groups is 1. The highest BCUT2D eigenvalue weighted by Gasteiger charge is 2.81. The van der Waals surface area contributed by atoms with Gasteiger partial charge in [0.05, 0.1) is 43.3 Å².